The summed E-state index contributed by atoms with van der Waals surface area (Å²) in [5, 5.41) is 12.9. The summed E-state index contributed by atoms with van der Waals surface area (Å²) in [6.07, 6.45) is 12.1. The summed E-state index contributed by atoms with van der Waals surface area (Å²) in [5.41, 5.74) is 1.90. The van der Waals surface area contributed by atoms with Gasteiger partial charge in [0, 0.05) is 61.9 Å². The van der Waals surface area contributed by atoms with E-state index in [1.165, 1.54) is 37.2 Å². The number of ether oxygens (including phenoxy) is 5. The minimum absolute atomic E-state index is 0. The van der Waals surface area contributed by atoms with Crippen LogP contribution in [-0.4, -0.2) is 118 Å². The lowest BCUT2D eigenvalue weighted by molar-refractivity contribution is -0.00817. The standard InChI is InChI=1S/C23H25ClFN5O3.C22H23ClFN5O3.C18H17ClFN5O.ClH/c1-23(2,3)33-22(31)30-14-6-7-15(30)11-16(10-14)32-21-19(25)20(27-12-28-21)29-18-8-5-13(26-4)9-17(18)24;1-12(2)31-22(30)29-14-5-6-15(29)10-16(9-14)32-21-19(24)20(26-11-27-21)28-18-7-4-13(25-3)8-17(18)23;1-21-10-4-5-15(14(19)8-10)25-17-16(20)18(23-9-22-17)26-13-6-11-2-3-12(7-13)24-11;/h5,8-9,12,14-16H,6-7,10-11H2,1-3H3,(H,27,28,29);4,7-8,11-12,14-16H,5-6,9-10H2,1-2H3,(H,26,27,28);4-5,8-9,11-13,24H,2-3,6-7H2,(H,22,23,25);1H. The van der Waals surface area contributed by atoms with Crippen molar-refractivity contribution < 1.29 is 46.4 Å². The summed E-state index contributed by atoms with van der Waals surface area (Å²) in [6, 6.07) is 14.9. The Balaban J connectivity index is 0.000000163. The van der Waals surface area contributed by atoms with Gasteiger partial charge in [-0.05, 0) is 122 Å². The molecule has 6 aliphatic heterocycles. The van der Waals surface area contributed by atoms with Gasteiger partial charge in [-0.1, -0.05) is 53.0 Å². The van der Waals surface area contributed by atoms with Crippen LogP contribution in [0.5, 0.6) is 17.6 Å². The maximum absolute atomic E-state index is 15.1. The van der Waals surface area contributed by atoms with E-state index >= 15 is 8.78 Å². The Morgan fingerprint density at radius 2 is 0.870 bits per heavy atom. The molecule has 0 aliphatic carbocycles. The Morgan fingerprint density at radius 1 is 0.543 bits per heavy atom. The van der Waals surface area contributed by atoms with Gasteiger partial charge in [-0.25, -0.2) is 39.1 Å². The largest absolute Gasteiger partial charge is 0.472 e. The van der Waals surface area contributed by atoms with Crippen LogP contribution in [0.2, 0.25) is 15.1 Å². The highest BCUT2D eigenvalue weighted by Crippen LogP contribution is 2.42. The van der Waals surface area contributed by atoms with E-state index in [9.17, 15) is 14.0 Å². The van der Waals surface area contributed by atoms with Crippen LogP contribution in [0.4, 0.5) is 74.3 Å². The highest BCUT2D eigenvalue weighted by molar-refractivity contribution is 6.34. The van der Waals surface area contributed by atoms with E-state index in [0.29, 0.717) is 76.9 Å². The highest BCUT2D eigenvalue weighted by Gasteiger charge is 2.47. The number of aromatic nitrogens is 6. The number of rotatable bonds is 13. The molecule has 6 bridgehead atoms. The molecule has 4 N–H and O–H groups in total. The maximum Gasteiger partial charge on any atom is 0.410 e. The molecule has 6 aliphatic rings. The minimum Gasteiger partial charge on any atom is -0.472 e. The number of anilines is 6. The predicted molar refractivity (Wildman–Crippen MR) is 342 cm³/mol. The Bertz CT molecular complexity index is 3760. The van der Waals surface area contributed by atoms with Crippen molar-refractivity contribution >= 4 is 111 Å². The number of nitrogens with zero attached hydrogens (tertiary/aromatic N) is 11. The zero-order chi connectivity index (χ0) is 64.7. The zero-order valence-electron chi connectivity index (χ0n) is 50.6. The van der Waals surface area contributed by atoms with Gasteiger partial charge in [-0.3, -0.25) is 0 Å². The molecule has 6 saturated heterocycles. The molecule has 6 atom stereocenters. The summed E-state index contributed by atoms with van der Waals surface area (Å²) in [6.45, 7) is 30.3. The van der Waals surface area contributed by atoms with Gasteiger partial charge in [0.15, 0.2) is 34.5 Å². The van der Waals surface area contributed by atoms with Gasteiger partial charge in [-0.2, -0.15) is 28.1 Å². The van der Waals surface area contributed by atoms with E-state index < -0.39 is 23.1 Å². The average molecular weight is 1340 g/mol. The number of piperidine rings is 3. The second-order valence-electron chi connectivity index (χ2n) is 24.0. The van der Waals surface area contributed by atoms with Crippen LogP contribution in [0.1, 0.15) is 112 Å². The van der Waals surface area contributed by atoms with E-state index in [1.54, 1.807) is 41.3 Å². The lowest BCUT2D eigenvalue weighted by Gasteiger charge is -2.39. The van der Waals surface area contributed by atoms with Crippen LogP contribution in [-0.2, 0) is 9.47 Å². The molecule has 29 heteroatoms. The Labute approximate surface area is 551 Å². The molecule has 92 heavy (non-hydrogen) atoms. The molecule has 2 amide bonds. The Kier molecular flexibility index (Phi) is 22.1. The van der Waals surface area contributed by atoms with E-state index in [1.807, 2.05) is 39.5 Å². The highest BCUT2D eigenvalue weighted by atomic mass is 35.5. The molecule has 484 valence electrons. The smallest absolute Gasteiger partial charge is 0.410 e. The van der Waals surface area contributed by atoms with Crippen LogP contribution < -0.4 is 35.5 Å². The molecule has 6 aromatic rings. The first kappa shape index (κ1) is 68.0. The van der Waals surface area contributed by atoms with Crippen molar-refractivity contribution in [2.24, 2.45) is 0 Å². The third kappa shape index (κ3) is 16.6. The predicted octanol–water partition coefficient (Wildman–Crippen LogP) is 16.0. The van der Waals surface area contributed by atoms with E-state index in [2.05, 4.69) is 65.7 Å². The average Bonchev–Trinajstić information content (AvgIpc) is 1.79. The molecule has 0 saturated carbocycles. The third-order valence-corrected chi connectivity index (χ3v) is 17.0. The monoisotopic (exact) mass is 1340 g/mol. The molecule has 6 unspecified atom stereocenters. The van der Waals surface area contributed by atoms with Crippen molar-refractivity contribution in [3.05, 3.63) is 140 Å². The van der Waals surface area contributed by atoms with E-state index in [0.717, 1.165) is 51.4 Å². The zero-order valence-corrected chi connectivity index (χ0v) is 53.7. The van der Waals surface area contributed by atoms with Crippen LogP contribution >= 0.6 is 47.2 Å². The fourth-order valence-electron chi connectivity index (χ4n) is 12.2. The number of carbonyl (C=O) groups is 2. The van der Waals surface area contributed by atoms with E-state index in [4.69, 9.17) is 78.2 Å². The lowest BCUT2D eigenvalue weighted by Crippen LogP contribution is -2.50. The number of fused-ring (bicyclic) bond motifs is 6. The normalized spacial score (nSPS) is 22.3. The molecule has 6 fully saturated rings. The summed E-state index contributed by atoms with van der Waals surface area (Å²) in [5.74, 6) is -2.64. The fraction of sp³-hybridized carbons (Fsp3) is 0.444. The first-order chi connectivity index (χ1) is 43.6. The summed E-state index contributed by atoms with van der Waals surface area (Å²) >= 11 is 18.5. The molecular formula is C63H66Cl4F3N15O7. The topological polar surface area (TPSA) is 225 Å². The molecular weight excluding hydrogens is 1280 g/mol. The third-order valence-electron chi connectivity index (χ3n) is 16.1. The number of benzene rings is 3. The van der Waals surface area contributed by atoms with Gasteiger partial charge in [0.1, 0.15) is 42.9 Å². The molecule has 3 aromatic carbocycles. The minimum atomic E-state index is -0.732. The second kappa shape index (κ2) is 29.9. The van der Waals surface area contributed by atoms with Crippen molar-refractivity contribution in [2.75, 3.05) is 16.0 Å². The van der Waals surface area contributed by atoms with Crippen LogP contribution in [0.25, 0.3) is 14.5 Å². The molecule has 0 radical (unpaired) electrons. The van der Waals surface area contributed by atoms with Crippen molar-refractivity contribution in [2.45, 2.75) is 178 Å². The number of hydrogen-bond donors (Lipinski definition) is 4. The van der Waals surface area contributed by atoms with Crippen LogP contribution in [0, 0.1) is 37.2 Å². The molecule has 9 heterocycles. The summed E-state index contributed by atoms with van der Waals surface area (Å²) in [4.78, 5) is 62.3. The Hall–Kier alpha value is -8.38. The molecule has 12 rings (SSSR count). The van der Waals surface area contributed by atoms with Crippen molar-refractivity contribution in [1.82, 2.24) is 45.0 Å². The lowest BCUT2D eigenvalue weighted by atomic mass is 10.0. The molecule has 22 nitrogen and oxygen atoms in total. The number of amides is 2. The van der Waals surface area contributed by atoms with Gasteiger partial charge in [-0.15, -0.1) is 12.4 Å². The van der Waals surface area contributed by atoms with Gasteiger partial charge in [0.05, 0.1) is 58.0 Å². The summed E-state index contributed by atoms with van der Waals surface area (Å²) < 4.78 is 73.5. The maximum atomic E-state index is 15.1. The fourth-order valence-corrected chi connectivity index (χ4v) is 12.8. The van der Waals surface area contributed by atoms with Gasteiger partial charge >= 0.3 is 12.2 Å². The van der Waals surface area contributed by atoms with Crippen LogP contribution in [0.3, 0.4) is 0 Å². The van der Waals surface area contributed by atoms with Gasteiger partial charge in [0.25, 0.3) is 17.6 Å². The SMILES string of the molecule is Cl.[C-]#[N+]c1ccc(Nc2ncnc(OC3CC4CCC(C3)N4)c2F)c(Cl)c1.[C-]#[N+]c1ccc(Nc2ncnc(OC3CC4CCC(C3)N4C(=O)OC(C)(C)C)c2F)c(Cl)c1.[C-]#[N+]c1ccc(Nc2ncnc(OC3CC4CCC(C3)N4C(=O)OC(C)C)c2F)c(Cl)c1. The van der Waals surface area contributed by atoms with Gasteiger partial charge < -0.3 is 54.8 Å². The van der Waals surface area contributed by atoms with Crippen molar-refractivity contribution in [3.8, 4) is 17.6 Å². The first-order valence-electron chi connectivity index (χ1n) is 29.7. The number of halogens is 7. The number of nitrogens with one attached hydrogen (secondary N) is 4. The van der Waals surface area contributed by atoms with Crippen molar-refractivity contribution in [1.29, 1.82) is 0 Å². The number of hydrogen-bond acceptors (Lipinski definition) is 17. The van der Waals surface area contributed by atoms with Gasteiger partial charge in [0.2, 0.25) is 17.5 Å². The molecule has 3 aromatic heterocycles. The first-order valence-corrected chi connectivity index (χ1v) is 30.9. The van der Waals surface area contributed by atoms with Crippen molar-refractivity contribution in [3.63, 3.8) is 0 Å². The number of carbonyl (C=O) groups excluding carboxylic acids is 2. The quantitative estimate of drug-likeness (QED) is 0.0789. The van der Waals surface area contributed by atoms with E-state index in [-0.39, 0.29) is 118 Å². The summed E-state index contributed by atoms with van der Waals surface area (Å²) in [7, 11) is 0. The molecule has 0 spiro atoms. The second-order valence-corrected chi connectivity index (χ2v) is 25.2. The van der Waals surface area contributed by atoms with Crippen LogP contribution in [0.15, 0.2) is 73.6 Å². The Morgan fingerprint density at radius 3 is 1.17 bits per heavy atom.